The number of benzene rings is 2. The second kappa shape index (κ2) is 11.9. The fraction of sp³-hybridized carbons (Fsp3) is 0.432. The molecule has 0 spiro atoms. The van der Waals surface area contributed by atoms with Gasteiger partial charge in [0.25, 0.3) is 0 Å². The van der Waals surface area contributed by atoms with E-state index >= 15 is 0 Å². The molecule has 1 saturated carbocycles. The van der Waals surface area contributed by atoms with Gasteiger partial charge in [-0.15, -0.1) is 0 Å². The fourth-order valence-corrected chi connectivity index (χ4v) is 7.24. The van der Waals surface area contributed by atoms with Crippen molar-refractivity contribution in [2.45, 2.75) is 76.8 Å². The number of para-hydroxylation sites is 2. The van der Waals surface area contributed by atoms with Crippen molar-refractivity contribution in [3.63, 3.8) is 0 Å². The number of nitrogens with zero attached hydrogens (tertiary/aromatic N) is 1. The summed E-state index contributed by atoms with van der Waals surface area (Å²) < 4.78 is 2.35. The smallest absolute Gasteiger partial charge is 0.209 e. The van der Waals surface area contributed by atoms with Crippen molar-refractivity contribution < 1.29 is 4.58 Å². The largest absolute Gasteiger partial charge is 0.388 e. The molecule has 42 heavy (non-hydrogen) atoms. The van der Waals surface area contributed by atoms with Crippen molar-refractivity contribution in [1.82, 2.24) is 10.6 Å². The molecule has 3 atom stereocenters. The van der Waals surface area contributed by atoms with Gasteiger partial charge in [0.05, 0.1) is 11.5 Å². The number of fused-ring (bicyclic) bond motifs is 2. The predicted molar refractivity (Wildman–Crippen MR) is 183 cm³/mol. The molecule has 3 aliphatic rings. The number of allylic oxidation sites excluding steroid dienone is 2. The Morgan fingerprint density at radius 2 is 1.74 bits per heavy atom. The Morgan fingerprint density at radius 1 is 1.05 bits per heavy atom. The molecule has 2 aromatic rings. The van der Waals surface area contributed by atoms with E-state index in [1.807, 2.05) is 0 Å². The summed E-state index contributed by atoms with van der Waals surface area (Å²) in [5.74, 6) is 0.822. The Hall–Kier alpha value is -3.02. The summed E-state index contributed by atoms with van der Waals surface area (Å²) in [4.78, 5) is 0. The maximum atomic E-state index is 4.76. The van der Waals surface area contributed by atoms with Crippen LogP contribution in [0.4, 0.5) is 11.4 Å². The average Bonchev–Trinajstić information content (AvgIpc) is 3.34. The van der Waals surface area contributed by atoms with Gasteiger partial charge < -0.3 is 16.0 Å². The minimum atomic E-state index is -0.100. The molecular formula is C37H49N4S+. The standard InChI is InChI=1S/C37H48N4S/c1-9-10-15-20-38-25(3)31(23-42)40-35-26(21-33-36(4,5)28-16-11-13-18-30(28)39-33)24(2)27(35)22-34-37(6,7)29-17-12-14-19-32(29)41(34)8/h11-14,16-19,21-22,26,31,35,38-40H,2-3,9-10,15,20,23H2,1,4-8H3/p+1/b27-22+,33-21+. The molecule has 222 valence electrons. The maximum absolute atomic E-state index is 4.76. The first-order valence-corrected chi connectivity index (χ1v) is 16.1. The zero-order valence-corrected chi connectivity index (χ0v) is 27.2. The number of hydrogen-bond acceptors (Lipinski definition) is 4. The Morgan fingerprint density at radius 3 is 2.40 bits per heavy atom. The lowest BCUT2D eigenvalue weighted by molar-refractivity contribution is -0.401. The van der Waals surface area contributed by atoms with E-state index in [0.717, 1.165) is 18.7 Å². The van der Waals surface area contributed by atoms with Crippen LogP contribution in [0.1, 0.15) is 65.0 Å². The zero-order chi connectivity index (χ0) is 30.2. The third-order valence-electron chi connectivity index (χ3n) is 9.71. The monoisotopic (exact) mass is 581 g/mol. The highest BCUT2D eigenvalue weighted by Crippen LogP contribution is 2.48. The first kappa shape index (κ1) is 30.4. The van der Waals surface area contributed by atoms with E-state index in [4.69, 9.17) is 12.6 Å². The van der Waals surface area contributed by atoms with E-state index < -0.39 is 0 Å². The lowest BCUT2D eigenvalue weighted by Gasteiger charge is -2.44. The van der Waals surface area contributed by atoms with Crippen LogP contribution in [0.15, 0.2) is 96.4 Å². The van der Waals surface area contributed by atoms with Crippen LogP contribution in [0.5, 0.6) is 0 Å². The lowest BCUT2D eigenvalue weighted by atomic mass is 9.67. The van der Waals surface area contributed by atoms with Crippen molar-refractivity contribution in [3.05, 3.63) is 108 Å². The molecule has 1 fully saturated rings. The van der Waals surface area contributed by atoms with Gasteiger partial charge in [-0.1, -0.05) is 89.2 Å². The molecular weight excluding hydrogens is 533 g/mol. The quantitative estimate of drug-likeness (QED) is 0.125. The van der Waals surface area contributed by atoms with Gasteiger partial charge in [0.2, 0.25) is 5.69 Å². The molecule has 2 aromatic carbocycles. The van der Waals surface area contributed by atoms with Crippen LogP contribution in [0.3, 0.4) is 0 Å². The third-order valence-corrected chi connectivity index (χ3v) is 10.1. The molecule has 0 bridgehead atoms. The summed E-state index contributed by atoms with van der Waals surface area (Å²) in [6.45, 7) is 21.5. The van der Waals surface area contributed by atoms with Crippen molar-refractivity contribution >= 4 is 29.7 Å². The van der Waals surface area contributed by atoms with Crippen molar-refractivity contribution in [1.29, 1.82) is 0 Å². The Labute approximate surface area is 259 Å². The molecule has 5 heteroatoms. The molecule has 0 saturated heterocycles. The molecule has 0 amide bonds. The molecule has 2 aliphatic heterocycles. The van der Waals surface area contributed by atoms with Crippen LogP contribution in [0.25, 0.3) is 0 Å². The highest BCUT2D eigenvalue weighted by molar-refractivity contribution is 7.80. The van der Waals surface area contributed by atoms with Crippen molar-refractivity contribution in [3.8, 4) is 0 Å². The van der Waals surface area contributed by atoms with Gasteiger partial charge in [-0.2, -0.15) is 17.2 Å². The van der Waals surface area contributed by atoms with E-state index in [0.29, 0.717) is 5.75 Å². The van der Waals surface area contributed by atoms with E-state index in [9.17, 15) is 0 Å². The van der Waals surface area contributed by atoms with Gasteiger partial charge >= 0.3 is 0 Å². The van der Waals surface area contributed by atoms with Crippen LogP contribution < -0.4 is 16.0 Å². The SMILES string of the molecule is C=C(NCCCCC)C(CS)NC1/C(=C/C2=[N+](C)c3ccccc3C2(C)C)C(=C)C1/C=C1/Nc2ccccc2C1(C)C. The minimum absolute atomic E-state index is 0.0376. The van der Waals surface area contributed by atoms with Gasteiger partial charge in [0, 0.05) is 64.5 Å². The molecule has 3 unspecified atom stereocenters. The lowest BCUT2D eigenvalue weighted by Crippen LogP contribution is -2.54. The zero-order valence-electron chi connectivity index (χ0n) is 26.3. The maximum Gasteiger partial charge on any atom is 0.209 e. The van der Waals surface area contributed by atoms with Crippen LogP contribution in [0, 0.1) is 5.92 Å². The Balaban J connectivity index is 1.48. The molecule has 4 nitrogen and oxygen atoms in total. The van der Waals surface area contributed by atoms with Gasteiger partial charge in [-0.05, 0) is 43.0 Å². The van der Waals surface area contributed by atoms with Crippen LogP contribution in [-0.2, 0) is 10.8 Å². The van der Waals surface area contributed by atoms with Gasteiger partial charge in [0.15, 0.2) is 5.71 Å². The van der Waals surface area contributed by atoms with Crippen molar-refractivity contribution in [2.24, 2.45) is 5.92 Å². The van der Waals surface area contributed by atoms with E-state index in [-0.39, 0.29) is 28.8 Å². The van der Waals surface area contributed by atoms with E-state index in [1.165, 1.54) is 57.9 Å². The van der Waals surface area contributed by atoms with Gasteiger partial charge in [-0.25, -0.2) is 0 Å². The van der Waals surface area contributed by atoms with Crippen LogP contribution in [-0.4, -0.2) is 41.7 Å². The predicted octanol–water partition coefficient (Wildman–Crippen LogP) is 7.64. The third kappa shape index (κ3) is 5.31. The molecule has 1 aliphatic carbocycles. The summed E-state index contributed by atoms with van der Waals surface area (Å²) >= 11 is 4.76. The van der Waals surface area contributed by atoms with E-state index in [1.54, 1.807) is 0 Å². The van der Waals surface area contributed by atoms with Crippen LogP contribution in [0.2, 0.25) is 0 Å². The Bertz CT molecular complexity index is 1470. The first-order chi connectivity index (χ1) is 20.0. The summed E-state index contributed by atoms with van der Waals surface area (Å²) in [7, 11) is 2.18. The normalized spacial score (nSPS) is 24.3. The van der Waals surface area contributed by atoms with Gasteiger partial charge in [-0.3, -0.25) is 0 Å². The highest BCUT2D eigenvalue weighted by atomic mass is 32.1. The number of thiol groups is 1. The Kier molecular flexibility index (Phi) is 8.65. The second-order valence-corrected chi connectivity index (χ2v) is 13.5. The average molecular weight is 582 g/mol. The summed E-state index contributed by atoms with van der Waals surface area (Å²) in [6.07, 6.45) is 8.38. The summed E-state index contributed by atoms with van der Waals surface area (Å²) in [5, 5.41) is 11.3. The van der Waals surface area contributed by atoms with Crippen molar-refractivity contribution in [2.75, 3.05) is 24.7 Å². The number of unbranched alkanes of at least 4 members (excludes halogenated alkanes) is 2. The summed E-state index contributed by atoms with van der Waals surface area (Å²) in [6, 6.07) is 17.5. The minimum Gasteiger partial charge on any atom is -0.388 e. The number of rotatable bonds is 11. The number of nitrogens with one attached hydrogen (secondary N) is 3. The number of hydrogen-bond donors (Lipinski definition) is 4. The molecule has 0 radical (unpaired) electrons. The van der Waals surface area contributed by atoms with E-state index in [2.05, 4.69) is 136 Å². The van der Waals surface area contributed by atoms with Crippen LogP contribution >= 0.6 is 12.6 Å². The molecule has 2 heterocycles. The second-order valence-electron chi connectivity index (χ2n) is 13.2. The topological polar surface area (TPSA) is 39.1 Å². The summed E-state index contributed by atoms with van der Waals surface area (Å²) in [5.41, 5.74) is 10.9. The number of anilines is 1. The van der Waals surface area contributed by atoms with Gasteiger partial charge in [0.1, 0.15) is 7.05 Å². The fourth-order valence-electron chi connectivity index (χ4n) is 6.91. The first-order valence-electron chi connectivity index (χ1n) is 15.5. The molecule has 0 aromatic heterocycles. The molecule has 5 rings (SSSR count). The highest BCUT2D eigenvalue weighted by Gasteiger charge is 2.47. The molecule has 3 N–H and O–H groups in total.